The molecule has 0 aromatic carbocycles. The van der Waals surface area contributed by atoms with Crippen LogP contribution in [0.4, 0.5) is 0 Å². The van der Waals surface area contributed by atoms with Crippen LogP contribution in [0.2, 0.25) is 0 Å². The molecule has 16 heavy (non-hydrogen) atoms. The minimum absolute atomic E-state index is 0.663. The van der Waals surface area contributed by atoms with Crippen molar-refractivity contribution in [2.45, 2.75) is 32.9 Å². The van der Waals surface area contributed by atoms with Crippen molar-refractivity contribution in [3.63, 3.8) is 0 Å². The normalized spacial score (nSPS) is 22.2. The second kappa shape index (κ2) is 5.41. The molecule has 2 heterocycles. The third-order valence-corrected chi connectivity index (χ3v) is 3.36. The standard InChI is InChI=1S/C13H21N3/c1-3-13-10-16(7-6-15-13)9-12-4-5-14-8-11(12)2/h4-5,8,13,15H,3,6-7,9-10H2,1-2H3. The van der Waals surface area contributed by atoms with Crippen molar-refractivity contribution >= 4 is 0 Å². The number of hydrogen-bond donors (Lipinski definition) is 1. The Kier molecular flexibility index (Phi) is 3.91. The van der Waals surface area contributed by atoms with Crippen LogP contribution in [-0.2, 0) is 6.54 Å². The second-order valence-electron chi connectivity index (χ2n) is 4.60. The van der Waals surface area contributed by atoms with E-state index in [1.54, 1.807) is 0 Å². The summed E-state index contributed by atoms with van der Waals surface area (Å²) in [6, 6.07) is 2.80. The van der Waals surface area contributed by atoms with Gasteiger partial charge in [0.25, 0.3) is 0 Å². The second-order valence-corrected chi connectivity index (χ2v) is 4.60. The predicted molar refractivity (Wildman–Crippen MR) is 66.3 cm³/mol. The average molecular weight is 219 g/mol. The van der Waals surface area contributed by atoms with Crippen molar-refractivity contribution in [3.05, 3.63) is 29.6 Å². The fourth-order valence-corrected chi connectivity index (χ4v) is 2.23. The molecule has 2 rings (SSSR count). The van der Waals surface area contributed by atoms with Gasteiger partial charge in [0.05, 0.1) is 0 Å². The minimum Gasteiger partial charge on any atom is -0.311 e. The average Bonchev–Trinajstić information content (AvgIpc) is 2.32. The number of hydrogen-bond acceptors (Lipinski definition) is 3. The summed E-state index contributed by atoms with van der Waals surface area (Å²) in [4.78, 5) is 6.67. The molecule has 0 spiro atoms. The third-order valence-electron chi connectivity index (χ3n) is 3.36. The molecule has 88 valence electrons. The van der Waals surface area contributed by atoms with Gasteiger partial charge >= 0.3 is 0 Å². The summed E-state index contributed by atoms with van der Waals surface area (Å²) in [7, 11) is 0. The summed E-state index contributed by atoms with van der Waals surface area (Å²) in [6.45, 7) is 8.88. The number of nitrogens with zero attached hydrogens (tertiary/aromatic N) is 2. The van der Waals surface area contributed by atoms with Crippen molar-refractivity contribution in [2.24, 2.45) is 0 Å². The molecule has 3 heteroatoms. The molecule has 1 saturated heterocycles. The molecule has 0 aliphatic carbocycles. The molecule has 1 atom stereocenters. The highest BCUT2D eigenvalue weighted by molar-refractivity contribution is 5.21. The van der Waals surface area contributed by atoms with Gasteiger partial charge in [0.15, 0.2) is 0 Å². The Morgan fingerprint density at radius 1 is 1.56 bits per heavy atom. The summed E-state index contributed by atoms with van der Waals surface area (Å²) in [5.41, 5.74) is 2.71. The van der Waals surface area contributed by atoms with Crippen LogP contribution in [0.5, 0.6) is 0 Å². The molecule has 0 saturated carbocycles. The van der Waals surface area contributed by atoms with Crippen LogP contribution in [0.15, 0.2) is 18.5 Å². The van der Waals surface area contributed by atoms with Crippen LogP contribution in [0, 0.1) is 6.92 Å². The van der Waals surface area contributed by atoms with Crippen molar-refractivity contribution in [2.75, 3.05) is 19.6 Å². The highest BCUT2D eigenvalue weighted by Gasteiger charge is 2.17. The maximum Gasteiger partial charge on any atom is 0.0300 e. The summed E-state index contributed by atoms with van der Waals surface area (Å²) in [5, 5.41) is 3.55. The lowest BCUT2D eigenvalue weighted by Gasteiger charge is -2.33. The van der Waals surface area contributed by atoms with Crippen molar-refractivity contribution < 1.29 is 0 Å². The zero-order valence-corrected chi connectivity index (χ0v) is 10.2. The zero-order chi connectivity index (χ0) is 11.4. The van der Waals surface area contributed by atoms with Gasteiger partial charge in [-0.1, -0.05) is 6.92 Å². The van der Waals surface area contributed by atoms with E-state index in [0.717, 1.165) is 26.2 Å². The van der Waals surface area contributed by atoms with E-state index in [1.165, 1.54) is 17.5 Å². The van der Waals surface area contributed by atoms with Crippen LogP contribution in [0.25, 0.3) is 0 Å². The number of rotatable bonds is 3. The van der Waals surface area contributed by atoms with Crippen LogP contribution < -0.4 is 5.32 Å². The Hall–Kier alpha value is -0.930. The molecule has 3 nitrogen and oxygen atoms in total. The van der Waals surface area contributed by atoms with Gasteiger partial charge in [-0.05, 0) is 30.5 Å². The molecule has 1 unspecified atom stereocenters. The Labute approximate surface area is 97.9 Å². The molecular weight excluding hydrogens is 198 g/mol. The van der Waals surface area contributed by atoms with Gasteiger partial charge in [-0.25, -0.2) is 0 Å². The third kappa shape index (κ3) is 2.80. The molecule has 1 N–H and O–H groups in total. The first-order valence-corrected chi connectivity index (χ1v) is 6.15. The van der Waals surface area contributed by atoms with E-state index in [0.29, 0.717) is 6.04 Å². The van der Waals surface area contributed by atoms with E-state index >= 15 is 0 Å². The maximum atomic E-state index is 4.14. The fourth-order valence-electron chi connectivity index (χ4n) is 2.23. The number of piperazine rings is 1. The highest BCUT2D eigenvalue weighted by atomic mass is 15.2. The Morgan fingerprint density at radius 3 is 3.19 bits per heavy atom. The zero-order valence-electron chi connectivity index (χ0n) is 10.2. The number of nitrogens with one attached hydrogen (secondary N) is 1. The van der Waals surface area contributed by atoms with Gasteiger partial charge in [-0.15, -0.1) is 0 Å². The van der Waals surface area contributed by atoms with E-state index in [4.69, 9.17) is 0 Å². The minimum atomic E-state index is 0.663. The lowest BCUT2D eigenvalue weighted by Crippen LogP contribution is -2.49. The van der Waals surface area contributed by atoms with Crippen LogP contribution in [-0.4, -0.2) is 35.6 Å². The van der Waals surface area contributed by atoms with E-state index in [-0.39, 0.29) is 0 Å². The topological polar surface area (TPSA) is 28.2 Å². The molecule has 1 aromatic heterocycles. The SMILES string of the molecule is CCC1CN(Cc2ccncc2C)CCN1. The molecule has 1 aromatic rings. The first-order chi connectivity index (χ1) is 7.79. The summed E-state index contributed by atoms with van der Waals surface area (Å²) in [5.74, 6) is 0. The monoisotopic (exact) mass is 219 g/mol. The van der Waals surface area contributed by atoms with E-state index in [1.807, 2.05) is 12.4 Å². The molecule has 1 aliphatic rings. The molecule has 1 aliphatic heterocycles. The molecule has 0 radical (unpaired) electrons. The highest BCUT2D eigenvalue weighted by Crippen LogP contribution is 2.11. The van der Waals surface area contributed by atoms with Crippen molar-refractivity contribution in [1.29, 1.82) is 0 Å². The largest absolute Gasteiger partial charge is 0.311 e. The Balaban J connectivity index is 1.97. The molecule has 0 bridgehead atoms. The van der Waals surface area contributed by atoms with Crippen LogP contribution in [0.1, 0.15) is 24.5 Å². The molecule has 0 amide bonds. The van der Waals surface area contributed by atoms with Crippen LogP contribution in [0.3, 0.4) is 0 Å². The number of aromatic nitrogens is 1. The quantitative estimate of drug-likeness (QED) is 0.836. The van der Waals surface area contributed by atoms with E-state index in [2.05, 4.69) is 35.1 Å². The van der Waals surface area contributed by atoms with E-state index < -0.39 is 0 Å². The maximum absolute atomic E-state index is 4.14. The van der Waals surface area contributed by atoms with Gasteiger partial charge in [0.1, 0.15) is 0 Å². The van der Waals surface area contributed by atoms with Crippen molar-refractivity contribution in [3.8, 4) is 0 Å². The van der Waals surface area contributed by atoms with Gasteiger partial charge in [0.2, 0.25) is 0 Å². The van der Waals surface area contributed by atoms with Gasteiger partial charge in [-0.2, -0.15) is 0 Å². The fraction of sp³-hybridized carbons (Fsp3) is 0.615. The summed E-state index contributed by atoms with van der Waals surface area (Å²) in [6.07, 6.45) is 5.06. The first-order valence-electron chi connectivity index (χ1n) is 6.15. The lowest BCUT2D eigenvalue weighted by atomic mass is 10.1. The Bertz CT molecular complexity index is 338. The van der Waals surface area contributed by atoms with E-state index in [9.17, 15) is 0 Å². The van der Waals surface area contributed by atoms with Gasteiger partial charge in [0, 0.05) is 44.6 Å². The smallest absolute Gasteiger partial charge is 0.0300 e. The van der Waals surface area contributed by atoms with Crippen molar-refractivity contribution in [1.82, 2.24) is 15.2 Å². The summed E-state index contributed by atoms with van der Waals surface area (Å²) < 4.78 is 0. The van der Waals surface area contributed by atoms with Crippen LogP contribution >= 0.6 is 0 Å². The first kappa shape index (κ1) is 11.6. The summed E-state index contributed by atoms with van der Waals surface area (Å²) >= 11 is 0. The van der Waals surface area contributed by atoms with Gasteiger partial charge < -0.3 is 5.32 Å². The lowest BCUT2D eigenvalue weighted by molar-refractivity contribution is 0.189. The molecular formula is C13H21N3. The Morgan fingerprint density at radius 2 is 2.44 bits per heavy atom. The predicted octanol–water partition coefficient (Wildman–Crippen LogP) is 1.57. The number of aryl methyl sites for hydroxylation is 1. The molecule has 1 fully saturated rings. The number of pyridine rings is 1. The van der Waals surface area contributed by atoms with Gasteiger partial charge in [-0.3, -0.25) is 9.88 Å².